The first-order valence-corrected chi connectivity index (χ1v) is 15.1. The van der Waals surface area contributed by atoms with Gasteiger partial charge in [0.1, 0.15) is 6.04 Å². The van der Waals surface area contributed by atoms with Crippen LogP contribution in [0.3, 0.4) is 0 Å². The highest BCUT2D eigenvalue weighted by Gasteiger charge is 2.76. The largest absolute Gasteiger partial charge is 0.465 e. The molecule has 0 radical (unpaired) electrons. The molecule has 0 aromatic carbocycles. The molecule has 3 heterocycles. The minimum absolute atomic E-state index is 0.0288. The molecule has 1 N–H and O–H groups in total. The number of likely N-dealkylation sites (tertiary alicyclic amines) is 1. The number of unbranched alkanes of at least 4 members (excludes halogenated alkanes) is 4. The molecule has 0 aliphatic carbocycles. The van der Waals surface area contributed by atoms with E-state index in [2.05, 4.69) is 36.0 Å². The van der Waals surface area contributed by atoms with E-state index in [-0.39, 0.29) is 41.1 Å². The summed E-state index contributed by atoms with van der Waals surface area (Å²) in [5.41, 5.74) is 0. The van der Waals surface area contributed by atoms with Crippen molar-refractivity contribution in [3.05, 3.63) is 25.3 Å². The molecule has 7 nitrogen and oxygen atoms in total. The van der Waals surface area contributed by atoms with Crippen LogP contribution in [-0.4, -0.2) is 86.4 Å². The lowest BCUT2D eigenvalue weighted by Gasteiger charge is -2.38. The normalized spacial score (nSPS) is 30.4. The smallest absolute Gasteiger partial charge is 0.310 e. The van der Waals surface area contributed by atoms with Crippen molar-refractivity contribution in [2.24, 2.45) is 11.8 Å². The summed E-state index contributed by atoms with van der Waals surface area (Å²) >= 11 is 5.42. The van der Waals surface area contributed by atoms with Gasteiger partial charge in [-0.1, -0.05) is 47.8 Å². The van der Waals surface area contributed by atoms with Gasteiger partial charge in [0.2, 0.25) is 11.8 Å². The van der Waals surface area contributed by atoms with Crippen molar-refractivity contribution in [1.29, 1.82) is 0 Å². The molecule has 202 valence electrons. The van der Waals surface area contributed by atoms with Gasteiger partial charge in [0.25, 0.3) is 0 Å². The Morgan fingerprint density at radius 2 is 2.03 bits per heavy atom. The van der Waals surface area contributed by atoms with Crippen LogP contribution in [0.5, 0.6) is 0 Å². The molecule has 2 bridgehead atoms. The van der Waals surface area contributed by atoms with E-state index >= 15 is 0 Å². The summed E-state index contributed by atoms with van der Waals surface area (Å²) in [4.78, 5) is 45.0. The number of carbonyl (C=O) groups excluding carboxylic acids is 3. The van der Waals surface area contributed by atoms with Crippen LogP contribution in [-0.2, 0) is 19.1 Å². The third-order valence-corrected chi connectivity index (χ3v) is 10.8. The Labute approximate surface area is 228 Å². The number of nitrogens with zero attached hydrogens (tertiary/aromatic N) is 2. The van der Waals surface area contributed by atoms with Crippen LogP contribution in [0, 0.1) is 11.8 Å². The van der Waals surface area contributed by atoms with Gasteiger partial charge < -0.3 is 19.6 Å². The van der Waals surface area contributed by atoms with E-state index in [0.717, 1.165) is 25.7 Å². The van der Waals surface area contributed by atoms with Crippen molar-refractivity contribution < 1.29 is 24.2 Å². The molecule has 3 saturated heterocycles. The van der Waals surface area contributed by atoms with Gasteiger partial charge >= 0.3 is 5.97 Å². The van der Waals surface area contributed by atoms with E-state index in [4.69, 9.17) is 4.74 Å². The van der Waals surface area contributed by atoms with Crippen LogP contribution in [0.15, 0.2) is 25.3 Å². The van der Waals surface area contributed by atoms with E-state index in [1.807, 2.05) is 4.90 Å². The molecule has 0 saturated carbocycles. The van der Waals surface area contributed by atoms with Gasteiger partial charge in [-0.15, -0.1) is 24.9 Å². The number of hydrogen-bond acceptors (Lipinski definition) is 6. The zero-order valence-corrected chi connectivity index (χ0v) is 23.8. The molecule has 2 amide bonds. The number of halogens is 1. The number of rotatable bonds is 16. The number of carbonyl (C=O) groups is 3. The topological polar surface area (TPSA) is 87.1 Å². The number of alkyl halides is 1. The number of fused-ring (bicyclic) bond motifs is 1. The van der Waals surface area contributed by atoms with Crippen molar-refractivity contribution in [2.75, 3.05) is 32.8 Å². The summed E-state index contributed by atoms with van der Waals surface area (Å²) in [6, 6.07) is -0.619. The zero-order valence-electron chi connectivity index (χ0n) is 21.4. The van der Waals surface area contributed by atoms with Gasteiger partial charge in [0.05, 0.1) is 23.2 Å². The summed E-state index contributed by atoms with van der Waals surface area (Å²) in [5, 5.41) is 9.10. The predicted molar refractivity (Wildman–Crippen MR) is 147 cm³/mol. The molecule has 0 aromatic heterocycles. The average molecular weight is 586 g/mol. The molecule has 3 unspecified atom stereocenters. The van der Waals surface area contributed by atoms with Gasteiger partial charge in [-0.3, -0.25) is 14.4 Å². The highest BCUT2D eigenvalue weighted by molar-refractivity contribution is 9.09. The van der Waals surface area contributed by atoms with Gasteiger partial charge in [-0.25, -0.2) is 0 Å². The van der Waals surface area contributed by atoms with Crippen molar-refractivity contribution in [1.82, 2.24) is 9.80 Å². The Bertz CT molecular complexity index is 826. The van der Waals surface area contributed by atoms with Crippen LogP contribution >= 0.6 is 27.7 Å². The van der Waals surface area contributed by atoms with E-state index in [9.17, 15) is 19.5 Å². The lowest BCUT2D eigenvalue weighted by molar-refractivity contribution is -0.154. The zero-order chi connectivity index (χ0) is 26.3. The summed E-state index contributed by atoms with van der Waals surface area (Å²) in [6.07, 6.45) is 9.79. The molecule has 6 atom stereocenters. The van der Waals surface area contributed by atoms with E-state index < -0.39 is 22.6 Å². The molecule has 3 aliphatic heterocycles. The first-order chi connectivity index (χ1) is 17.4. The Morgan fingerprint density at radius 1 is 1.25 bits per heavy atom. The molecule has 0 aromatic rings. The minimum atomic E-state index is -0.656. The standard InChI is InChI=1S/C27H41BrN2O5S/c1-4-7-10-14-29(13-6-3)25(33)23-27-18-19(28)22(36-27)20(26(34)35-17-8-5-2)21(27)24(32)30(23)15-11-9-12-16-31/h5-6,19-23,31H,2-4,7-18H2,1H3/t19?,20-,21-,22-,23?,27?/m0/s1. The Kier molecular flexibility index (Phi) is 10.9. The number of amides is 2. The molecule has 3 rings (SSSR count). The maximum Gasteiger partial charge on any atom is 0.310 e. The number of aliphatic hydroxyl groups is 1. The van der Waals surface area contributed by atoms with Crippen LogP contribution in [0.2, 0.25) is 0 Å². The molecular formula is C27H41BrN2O5S. The lowest BCUT2D eigenvalue weighted by atomic mass is 9.71. The molecule has 3 fully saturated rings. The predicted octanol–water partition coefficient (Wildman–Crippen LogP) is 3.94. The maximum atomic E-state index is 14.2. The lowest BCUT2D eigenvalue weighted by Crippen LogP contribution is -2.55. The summed E-state index contributed by atoms with van der Waals surface area (Å²) in [6.45, 7) is 11.5. The molecule has 9 heteroatoms. The third kappa shape index (κ3) is 5.73. The highest BCUT2D eigenvalue weighted by Crippen LogP contribution is 2.68. The number of esters is 1. The minimum Gasteiger partial charge on any atom is -0.465 e. The van der Waals surface area contributed by atoms with E-state index in [1.54, 1.807) is 28.8 Å². The van der Waals surface area contributed by atoms with Crippen molar-refractivity contribution >= 4 is 45.5 Å². The number of hydrogen-bond donors (Lipinski definition) is 1. The number of ether oxygens (including phenoxy) is 1. The van der Waals surface area contributed by atoms with Crippen molar-refractivity contribution in [3.63, 3.8) is 0 Å². The average Bonchev–Trinajstić information content (AvgIpc) is 3.44. The molecule has 3 aliphatic rings. The van der Waals surface area contributed by atoms with Gasteiger partial charge in [-0.05, 0) is 38.5 Å². The fourth-order valence-electron chi connectivity index (χ4n) is 6.00. The second kappa shape index (κ2) is 13.5. The second-order valence-corrected chi connectivity index (χ2v) is 12.7. The fourth-order valence-corrected chi connectivity index (χ4v) is 9.60. The quantitative estimate of drug-likeness (QED) is 0.128. The van der Waals surface area contributed by atoms with E-state index in [1.165, 1.54) is 0 Å². The highest BCUT2D eigenvalue weighted by atomic mass is 79.9. The van der Waals surface area contributed by atoms with Crippen LogP contribution in [0.25, 0.3) is 0 Å². The van der Waals surface area contributed by atoms with Gasteiger partial charge in [0.15, 0.2) is 0 Å². The van der Waals surface area contributed by atoms with Crippen LogP contribution < -0.4 is 0 Å². The first kappa shape index (κ1) is 29.2. The number of aliphatic hydroxyl groups excluding tert-OH is 1. The Balaban J connectivity index is 1.94. The SMILES string of the molecule is C=CCCOC(=O)[C@H]1[C@H]2C(=O)N(CCCCCO)C(C(=O)N(CC=C)CCCCC)C23CC(Br)[C@@H]1S3. The maximum absolute atomic E-state index is 14.2. The second-order valence-electron chi connectivity index (χ2n) is 10.0. The van der Waals surface area contributed by atoms with Crippen molar-refractivity contribution in [3.8, 4) is 0 Å². The summed E-state index contributed by atoms with van der Waals surface area (Å²) in [7, 11) is 0. The summed E-state index contributed by atoms with van der Waals surface area (Å²) < 4.78 is 4.91. The third-order valence-electron chi connectivity index (χ3n) is 7.61. The summed E-state index contributed by atoms with van der Waals surface area (Å²) in [5.74, 6) is -1.64. The van der Waals surface area contributed by atoms with Gasteiger partial charge in [-0.2, -0.15) is 0 Å². The van der Waals surface area contributed by atoms with Crippen LogP contribution in [0.4, 0.5) is 0 Å². The first-order valence-electron chi connectivity index (χ1n) is 13.3. The number of thioether (sulfide) groups is 1. The van der Waals surface area contributed by atoms with Gasteiger partial charge in [0, 0.05) is 36.3 Å². The fraction of sp³-hybridized carbons (Fsp3) is 0.741. The molecule has 1 spiro atoms. The Hall–Kier alpha value is -1.32. The monoisotopic (exact) mass is 584 g/mol. The van der Waals surface area contributed by atoms with Crippen molar-refractivity contribution in [2.45, 2.75) is 79.2 Å². The Morgan fingerprint density at radius 3 is 2.69 bits per heavy atom. The molecular weight excluding hydrogens is 544 g/mol. The molecule has 36 heavy (non-hydrogen) atoms. The van der Waals surface area contributed by atoms with E-state index in [0.29, 0.717) is 45.3 Å². The van der Waals surface area contributed by atoms with Crippen LogP contribution in [0.1, 0.15) is 58.3 Å².